The molecular formula is C16H18ClFN2O2S. The van der Waals surface area contributed by atoms with Gasteiger partial charge in [-0.25, -0.2) is 12.8 Å². The maximum absolute atomic E-state index is 13.1. The Morgan fingerprint density at radius 3 is 2.22 bits per heavy atom. The molecule has 0 heterocycles. The van der Waals surface area contributed by atoms with E-state index in [1.807, 2.05) is 12.1 Å². The van der Waals surface area contributed by atoms with Gasteiger partial charge in [0.05, 0.1) is 9.92 Å². The lowest BCUT2D eigenvalue weighted by Crippen LogP contribution is -2.21. The first-order valence-corrected chi connectivity index (χ1v) is 9.06. The third-order valence-corrected chi connectivity index (χ3v) is 5.12. The van der Waals surface area contributed by atoms with Gasteiger partial charge in [-0.05, 0) is 56.3 Å². The fourth-order valence-electron chi connectivity index (χ4n) is 2.19. The molecule has 23 heavy (non-hydrogen) atoms. The van der Waals surface area contributed by atoms with Crippen molar-refractivity contribution >= 4 is 33.0 Å². The predicted octanol–water partition coefficient (Wildman–Crippen LogP) is 4.13. The SMILES string of the molecule is CCN(CC)c1ccc(NS(=O)(=O)c2ccc(F)c(Cl)c2)cc1. The van der Waals surface area contributed by atoms with Crippen molar-refractivity contribution in [2.24, 2.45) is 0 Å². The summed E-state index contributed by atoms with van der Waals surface area (Å²) in [6, 6.07) is 10.4. The second-order valence-corrected chi connectivity index (χ2v) is 6.99. The number of benzene rings is 2. The molecule has 7 heteroatoms. The van der Waals surface area contributed by atoms with Crippen molar-refractivity contribution in [1.82, 2.24) is 0 Å². The molecule has 0 aromatic heterocycles. The van der Waals surface area contributed by atoms with Gasteiger partial charge in [-0.15, -0.1) is 0 Å². The van der Waals surface area contributed by atoms with Gasteiger partial charge in [0.15, 0.2) is 0 Å². The Morgan fingerprint density at radius 2 is 1.70 bits per heavy atom. The van der Waals surface area contributed by atoms with Crippen molar-refractivity contribution in [1.29, 1.82) is 0 Å². The summed E-state index contributed by atoms with van der Waals surface area (Å²) in [6.07, 6.45) is 0. The fraction of sp³-hybridized carbons (Fsp3) is 0.250. The van der Waals surface area contributed by atoms with E-state index in [1.54, 1.807) is 12.1 Å². The number of halogens is 2. The molecule has 0 amide bonds. The zero-order valence-electron chi connectivity index (χ0n) is 12.9. The summed E-state index contributed by atoms with van der Waals surface area (Å²) in [7, 11) is -3.81. The lowest BCUT2D eigenvalue weighted by molar-refractivity contribution is 0.599. The zero-order valence-corrected chi connectivity index (χ0v) is 14.5. The van der Waals surface area contributed by atoms with E-state index < -0.39 is 15.8 Å². The Balaban J connectivity index is 2.22. The average Bonchev–Trinajstić information content (AvgIpc) is 2.52. The number of nitrogens with one attached hydrogen (secondary N) is 1. The molecule has 0 atom stereocenters. The molecule has 0 aliphatic heterocycles. The minimum absolute atomic E-state index is 0.0864. The van der Waals surface area contributed by atoms with Crippen LogP contribution in [0.1, 0.15) is 13.8 Å². The van der Waals surface area contributed by atoms with Crippen LogP contribution in [0.25, 0.3) is 0 Å². The minimum Gasteiger partial charge on any atom is -0.372 e. The summed E-state index contributed by atoms with van der Waals surface area (Å²) in [5.41, 5.74) is 1.45. The molecule has 0 fully saturated rings. The molecule has 0 bridgehead atoms. The Labute approximate surface area is 140 Å². The van der Waals surface area contributed by atoms with Crippen molar-refractivity contribution in [3.05, 3.63) is 53.3 Å². The Morgan fingerprint density at radius 1 is 1.09 bits per heavy atom. The van der Waals surface area contributed by atoms with Crippen LogP contribution in [0.4, 0.5) is 15.8 Å². The summed E-state index contributed by atoms with van der Waals surface area (Å²) in [4.78, 5) is 2.06. The van der Waals surface area contributed by atoms with Crippen LogP contribution in [0.3, 0.4) is 0 Å². The van der Waals surface area contributed by atoms with Crippen LogP contribution in [0.5, 0.6) is 0 Å². The van der Waals surface area contributed by atoms with Gasteiger partial charge in [-0.3, -0.25) is 4.72 Å². The highest BCUT2D eigenvalue weighted by atomic mass is 35.5. The molecule has 2 aromatic rings. The Bertz CT molecular complexity index is 775. The van der Waals surface area contributed by atoms with Gasteiger partial charge < -0.3 is 4.90 Å². The third-order valence-electron chi connectivity index (χ3n) is 3.45. The molecule has 124 valence electrons. The highest BCUT2D eigenvalue weighted by Crippen LogP contribution is 2.23. The van der Waals surface area contributed by atoms with Gasteiger partial charge in [0.2, 0.25) is 0 Å². The quantitative estimate of drug-likeness (QED) is 0.846. The number of nitrogens with zero attached hydrogens (tertiary/aromatic N) is 1. The largest absolute Gasteiger partial charge is 0.372 e. The first-order valence-electron chi connectivity index (χ1n) is 7.20. The minimum atomic E-state index is -3.81. The van der Waals surface area contributed by atoms with Crippen LogP contribution in [0.15, 0.2) is 47.4 Å². The molecule has 0 saturated heterocycles. The first kappa shape index (κ1) is 17.6. The molecule has 2 rings (SSSR count). The lowest BCUT2D eigenvalue weighted by atomic mass is 10.2. The van der Waals surface area contributed by atoms with E-state index in [4.69, 9.17) is 11.6 Å². The van der Waals surface area contributed by atoms with Crippen LogP contribution in [-0.2, 0) is 10.0 Å². The molecule has 4 nitrogen and oxygen atoms in total. The smallest absolute Gasteiger partial charge is 0.261 e. The molecule has 2 aromatic carbocycles. The van der Waals surface area contributed by atoms with Crippen molar-refractivity contribution in [3.8, 4) is 0 Å². The molecule has 0 spiro atoms. The van der Waals surface area contributed by atoms with Gasteiger partial charge in [0, 0.05) is 24.5 Å². The summed E-state index contributed by atoms with van der Waals surface area (Å²) in [5.74, 6) is -0.658. The molecule has 0 saturated carbocycles. The monoisotopic (exact) mass is 356 g/mol. The van der Waals surface area contributed by atoms with E-state index in [9.17, 15) is 12.8 Å². The second-order valence-electron chi connectivity index (χ2n) is 4.90. The van der Waals surface area contributed by atoms with E-state index in [0.29, 0.717) is 5.69 Å². The second kappa shape index (κ2) is 7.19. The Kier molecular flexibility index (Phi) is 5.49. The maximum atomic E-state index is 13.1. The van der Waals surface area contributed by atoms with E-state index in [1.165, 1.54) is 6.07 Å². The summed E-state index contributed by atoms with van der Waals surface area (Å²) >= 11 is 5.64. The van der Waals surface area contributed by atoms with Crippen molar-refractivity contribution in [2.45, 2.75) is 18.7 Å². The van der Waals surface area contributed by atoms with Gasteiger partial charge >= 0.3 is 0 Å². The molecule has 0 aliphatic carbocycles. The van der Waals surface area contributed by atoms with E-state index >= 15 is 0 Å². The van der Waals surface area contributed by atoms with Gasteiger partial charge in [-0.1, -0.05) is 11.6 Å². The number of sulfonamides is 1. The summed E-state index contributed by atoms with van der Waals surface area (Å²) in [5, 5.41) is -0.232. The standard InChI is InChI=1S/C16H18ClFN2O2S/c1-3-20(4-2)13-7-5-12(6-8-13)19-23(21,22)14-9-10-16(18)15(17)11-14/h5-11,19H,3-4H2,1-2H3. The van der Waals surface area contributed by atoms with Crippen LogP contribution >= 0.6 is 11.6 Å². The van der Waals surface area contributed by atoms with Gasteiger partial charge in [0.1, 0.15) is 5.82 Å². The normalized spacial score (nSPS) is 11.3. The molecule has 0 unspecified atom stereocenters. The molecular weight excluding hydrogens is 339 g/mol. The predicted molar refractivity (Wildman–Crippen MR) is 92.2 cm³/mol. The van der Waals surface area contributed by atoms with Crippen LogP contribution in [0, 0.1) is 5.82 Å². The summed E-state index contributed by atoms with van der Waals surface area (Å²) < 4.78 is 40.2. The van der Waals surface area contributed by atoms with Crippen molar-refractivity contribution in [3.63, 3.8) is 0 Å². The first-order chi connectivity index (χ1) is 10.9. The van der Waals surface area contributed by atoms with E-state index in [2.05, 4.69) is 23.5 Å². The number of rotatable bonds is 6. The molecule has 1 N–H and O–H groups in total. The van der Waals surface area contributed by atoms with Crippen LogP contribution in [-0.4, -0.2) is 21.5 Å². The maximum Gasteiger partial charge on any atom is 0.261 e. The van der Waals surface area contributed by atoms with Gasteiger partial charge in [-0.2, -0.15) is 0 Å². The lowest BCUT2D eigenvalue weighted by Gasteiger charge is -2.21. The molecule has 0 radical (unpaired) electrons. The molecule has 0 aliphatic rings. The van der Waals surface area contributed by atoms with E-state index in [-0.39, 0.29) is 9.92 Å². The van der Waals surface area contributed by atoms with Crippen LogP contribution < -0.4 is 9.62 Å². The number of hydrogen-bond acceptors (Lipinski definition) is 3. The third kappa shape index (κ3) is 4.14. The topological polar surface area (TPSA) is 49.4 Å². The van der Waals surface area contributed by atoms with Crippen LogP contribution in [0.2, 0.25) is 5.02 Å². The number of anilines is 2. The highest BCUT2D eigenvalue weighted by Gasteiger charge is 2.16. The van der Waals surface area contributed by atoms with Gasteiger partial charge in [0.25, 0.3) is 10.0 Å². The van der Waals surface area contributed by atoms with Crippen molar-refractivity contribution in [2.75, 3.05) is 22.7 Å². The average molecular weight is 357 g/mol. The van der Waals surface area contributed by atoms with E-state index in [0.717, 1.165) is 30.9 Å². The highest BCUT2D eigenvalue weighted by molar-refractivity contribution is 7.92. The van der Waals surface area contributed by atoms with Crippen molar-refractivity contribution < 1.29 is 12.8 Å². The Hall–Kier alpha value is -1.79. The fourth-order valence-corrected chi connectivity index (χ4v) is 3.52. The number of hydrogen-bond donors (Lipinski definition) is 1. The summed E-state index contributed by atoms with van der Waals surface area (Å²) in [6.45, 7) is 5.85. The zero-order chi connectivity index (χ0) is 17.0.